The molecule has 2 aromatic carbocycles. The number of anilines is 1. The van der Waals surface area contributed by atoms with Gasteiger partial charge in [0.2, 0.25) is 11.9 Å². The van der Waals surface area contributed by atoms with Gasteiger partial charge < -0.3 is 19.6 Å². The summed E-state index contributed by atoms with van der Waals surface area (Å²) in [4.78, 5) is 39.0. The molecule has 3 heterocycles. The summed E-state index contributed by atoms with van der Waals surface area (Å²) in [6.45, 7) is 4.27. The first-order valence-electron chi connectivity index (χ1n) is 14.3. The molecule has 0 aliphatic carbocycles. The van der Waals surface area contributed by atoms with Crippen molar-refractivity contribution in [3.05, 3.63) is 82.7 Å². The Hall–Kier alpha value is -3.94. The molecule has 2 saturated heterocycles. The Balaban J connectivity index is 1.33. The van der Waals surface area contributed by atoms with Crippen LogP contribution >= 0.6 is 0 Å². The van der Waals surface area contributed by atoms with E-state index in [1.807, 2.05) is 24.3 Å². The van der Waals surface area contributed by atoms with Crippen LogP contribution in [0, 0.1) is 5.92 Å². The average Bonchev–Trinajstić information content (AvgIpc) is 3.29. The lowest BCUT2D eigenvalue weighted by Crippen LogP contribution is -2.45. The van der Waals surface area contributed by atoms with Gasteiger partial charge in [-0.2, -0.15) is 0 Å². The third kappa shape index (κ3) is 6.11. The van der Waals surface area contributed by atoms with Gasteiger partial charge in [-0.15, -0.1) is 0 Å². The van der Waals surface area contributed by atoms with Crippen LogP contribution in [0.15, 0.2) is 54.7 Å². The van der Waals surface area contributed by atoms with Crippen LogP contribution in [0.2, 0.25) is 0 Å². The van der Waals surface area contributed by atoms with Crippen LogP contribution in [0.1, 0.15) is 58.9 Å². The summed E-state index contributed by atoms with van der Waals surface area (Å²) >= 11 is 0. The molecule has 0 saturated carbocycles. The van der Waals surface area contributed by atoms with E-state index in [0.29, 0.717) is 43.4 Å². The van der Waals surface area contributed by atoms with Gasteiger partial charge in [-0.3, -0.25) is 4.79 Å². The second-order valence-electron chi connectivity index (χ2n) is 10.8. The molecule has 0 spiro atoms. The van der Waals surface area contributed by atoms with Crippen LogP contribution in [-0.4, -0.2) is 64.6 Å². The molecule has 2 aliphatic heterocycles. The largest absolute Gasteiger partial charge is 0.496 e. The van der Waals surface area contributed by atoms with Crippen molar-refractivity contribution in [3.63, 3.8) is 0 Å². The number of carbonyl (C=O) groups excluding carboxylic acids is 1. The van der Waals surface area contributed by atoms with Crippen LogP contribution in [0.25, 0.3) is 0 Å². The van der Waals surface area contributed by atoms with Gasteiger partial charge in [0.25, 0.3) is 0 Å². The fraction of sp³-hybridized carbons (Fsp3) is 0.438. The number of aryl methyl sites for hydroxylation is 3. The van der Waals surface area contributed by atoms with Crippen molar-refractivity contribution in [1.82, 2.24) is 14.9 Å². The monoisotopic (exact) mass is 542 g/mol. The molecule has 2 atom stereocenters. The van der Waals surface area contributed by atoms with Crippen LogP contribution in [-0.2, 0) is 30.5 Å². The fourth-order valence-corrected chi connectivity index (χ4v) is 6.06. The first-order valence-corrected chi connectivity index (χ1v) is 14.3. The summed E-state index contributed by atoms with van der Waals surface area (Å²) in [5, 5.41) is 9.79. The van der Waals surface area contributed by atoms with E-state index in [1.54, 1.807) is 7.11 Å². The minimum absolute atomic E-state index is 0.0768. The molecular formula is C32H38N4O4. The number of fused-ring (bicyclic) bond motifs is 1. The minimum Gasteiger partial charge on any atom is -0.496 e. The molecule has 2 aliphatic rings. The zero-order valence-corrected chi connectivity index (χ0v) is 23.4. The highest BCUT2D eigenvalue weighted by Gasteiger charge is 2.40. The summed E-state index contributed by atoms with van der Waals surface area (Å²) in [5.41, 5.74) is 4.03. The molecule has 3 aromatic rings. The number of nitrogens with zero attached hydrogens (tertiary/aromatic N) is 4. The molecule has 2 fully saturated rings. The van der Waals surface area contributed by atoms with Gasteiger partial charge >= 0.3 is 5.97 Å². The molecule has 1 aromatic heterocycles. The van der Waals surface area contributed by atoms with E-state index in [0.717, 1.165) is 55.6 Å². The number of benzene rings is 2. The second kappa shape index (κ2) is 12.5. The summed E-state index contributed by atoms with van der Waals surface area (Å²) in [7, 11) is 1.63. The summed E-state index contributed by atoms with van der Waals surface area (Å²) in [6.07, 6.45) is 7.09. The van der Waals surface area contributed by atoms with Gasteiger partial charge in [-0.25, -0.2) is 14.8 Å². The summed E-state index contributed by atoms with van der Waals surface area (Å²) < 4.78 is 5.48. The van der Waals surface area contributed by atoms with Crippen molar-refractivity contribution in [1.29, 1.82) is 0 Å². The highest BCUT2D eigenvalue weighted by molar-refractivity contribution is 5.88. The molecule has 0 radical (unpaired) electrons. The second-order valence-corrected chi connectivity index (χ2v) is 10.8. The van der Waals surface area contributed by atoms with Gasteiger partial charge in [0.1, 0.15) is 5.75 Å². The van der Waals surface area contributed by atoms with Crippen molar-refractivity contribution < 1.29 is 19.4 Å². The van der Waals surface area contributed by atoms with E-state index in [4.69, 9.17) is 9.72 Å². The maximum atomic E-state index is 13.6. The number of aromatic nitrogens is 2. The van der Waals surface area contributed by atoms with Crippen molar-refractivity contribution in [3.8, 4) is 5.75 Å². The number of para-hydroxylation sites is 1. The number of rotatable bonds is 9. The van der Waals surface area contributed by atoms with Crippen molar-refractivity contribution >= 4 is 17.8 Å². The summed E-state index contributed by atoms with van der Waals surface area (Å²) in [6, 6.07) is 16.2. The lowest BCUT2D eigenvalue weighted by molar-refractivity contribution is -0.132. The Morgan fingerprint density at radius 3 is 2.55 bits per heavy atom. The Morgan fingerprint density at radius 2 is 1.80 bits per heavy atom. The number of amides is 1. The number of methoxy groups -OCH3 is 1. The fourth-order valence-electron chi connectivity index (χ4n) is 6.06. The number of likely N-dealkylation sites (tertiary alicyclic amines) is 1. The van der Waals surface area contributed by atoms with Crippen molar-refractivity contribution in [2.24, 2.45) is 5.92 Å². The number of carboxylic acids is 1. The Kier molecular flexibility index (Phi) is 8.63. The van der Waals surface area contributed by atoms with Gasteiger partial charge in [0.05, 0.1) is 30.8 Å². The predicted molar refractivity (Wildman–Crippen MR) is 154 cm³/mol. The minimum atomic E-state index is -1.01. The highest BCUT2D eigenvalue weighted by Crippen LogP contribution is 2.33. The number of carboxylic acid groups (broad SMARTS) is 1. The Morgan fingerprint density at radius 1 is 1.02 bits per heavy atom. The first-order chi connectivity index (χ1) is 19.5. The molecular weight excluding hydrogens is 504 g/mol. The zero-order valence-electron chi connectivity index (χ0n) is 23.4. The third-order valence-electron chi connectivity index (χ3n) is 8.34. The molecule has 1 N–H and O–H groups in total. The first kappa shape index (κ1) is 27.6. The molecule has 1 amide bonds. The van der Waals surface area contributed by atoms with Crippen molar-refractivity contribution in [2.75, 3.05) is 31.6 Å². The van der Waals surface area contributed by atoms with E-state index in [-0.39, 0.29) is 17.5 Å². The molecule has 210 valence electrons. The van der Waals surface area contributed by atoms with Gasteiger partial charge in [0.15, 0.2) is 0 Å². The van der Waals surface area contributed by atoms with E-state index < -0.39 is 5.97 Å². The highest BCUT2D eigenvalue weighted by atomic mass is 16.5. The van der Waals surface area contributed by atoms with Gasteiger partial charge in [-0.05, 0) is 55.2 Å². The maximum absolute atomic E-state index is 13.6. The van der Waals surface area contributed by atoms with Crippen LogP contribution < -0.4 is 9.64 Å². The van der Waals surface area contributed by atoms with E-state index in [9.17, 15) is 14.7 Å². The van der Waals surface area contributed by atoms with Crippen LogP contribution in [0.3, 0.4) is 0 Å². The lowest BCUT2D eigenvalue weighted by Gasteiger charge is -2.30. The number of hydrogen-bond donors (Lipinski definition) is 1. The number of ether oxygens (including phenoxy) is 1. The van der Waals surface area contributed by atoms with Gasteiger partial charge in [-0.1, -0.05) is 55.8 Å². The third-order valence-corrected chi connectivity index (χ3v) is 8.34. The Bertz CT molecular complexity index is 1340. The number of carbonyl (C=O) groups is 2. The van der Waals surface area contributed by atoms with E-state index in [1.165, 1.54) is 11.8 Å². The number of hydrogen-bond acceptors (Lipinski definition) is 6. The molecule has 40 heavy (non-hydrogen) atoms. The summed E-state index contributed by atoms with van der Waals surface area (Å²) in [5.74, 6) is 0.706. The quantitative estimate of drug-likeness (QED) is 0.423. The van der Waals surface area contributed by atoms with Crippen LogP contribution in [0.4, 0.5) is 5.95 Å². The average molecular weight is 543 g/mol. The molecule has 5 rings (SSSR count). The molecule has 2 unspecified atom stereocenters. The van der Waals surface area contributed by atoms with Crippen LogP contribution in [0.5, 0.6) is 5.75 Å². The smallest absolute Gasteiger partial charge is 0.339 e. The molecule has 0 bridgehead atoms. The predicted octanol–water partition coefficient (Wildman–Crippen LogP) is 4.59. The normalized spacial score (nSPS) is 18.8. The van der Waals surface area contributed by atoms with Gasteiger partial charge in [0, 0.05) is 31.4 Å². The molecule has 8 nitrogen and oxygen atoms in total. The van der Waals surface area contributed by atoms with Crippen molar-refractivity contribution in [2.45, 2.75) is 57.9 Å². The van der Waals surface area contributed by atoms with E-state index >= 15 is 0 Å². The van der Waals surface area contributed by atoms with E-state index in [2.05, 4.69) is 46.0 Å². The Labute approximate surface area is 236 Å². The zero-order chi connectivity index (χ0) is 28.1. The topological polar surface area (TPSA) is 95.9 Å². The SMILES string of the molecule is CCc1ccc(CCc2nc(N3CC4CCCCN(C(=O)Cc5ccccc5OC)C4C3)ncc2C(=O)O)cc1. The maximum Gasteiger partial charge on any atom is 0.339 e. The standard InChI is InChI=1S/C32H38N4O4/c1-3-22-11-13-23(14-12-22)15-16-27-26(31(38)39)19-33-32(34-27)35-20-25-9-6-7-17-36(28(25)21-35)30(37)18-24-8-4-5-10-29(24)40-2/h4-5,8,10-14,19,25,28H,3,6-7,9,15-18,20-21H2,1-2H3,(H,38,39). The number of aromatic carboxylic acids is 1. The lowest BCUT2D eigenvalue weighted by atomic mass is 9.98. The molecule has 8 heteroatoms.